The Morgan fingerprint density at radius 1 is 1.14 bits per heavy atom. The lowest BCUT2D eigenvalue weighted by Crippen LogP contribution is -2.43. The van der Waals surface area contributed by atoms with E-state index in [9.17, 15) is 9.59 Å². The lowest BCUT2D eigenvalue weighted by Gasteiger charge is -2.32. The van der Waals surface area contributed by atoms with Gasteiger partial charge in [-0.05, 0) is 55.2 Å². The number of nitriles is 1. The number of likely N-dealkylation sites (tertiary alicyclic amines) is 1. The summed E-state index contributed by atoms with van der Waals surface area (Å²) in [6.07, 6.45) is 1.65. The Balaban J connectivity index is 1.44. The number of methoxy groups -OCH3 is 1. The van der Waals surface area contributed by atoms with Crippen molar-refractivity contribution < 1.29 is 14.3 Å². The van der Waals surface area contributed by atoms with Gasteiger partial charge in [-0.1, -0.05) is 12.1 Å². The molecule has 0 bridgehead atoms. The second-order valence-electron chi connectivity index (χ2n) is 6.96. The number of para-hydroxylation sites is 2. The highest BCUT2D eigenvalue weighted by molar-refractivity contribution is 5.94. The van der Waals surface area contributed by atoms with Crippen LogP contribution in [0.1, 0.15) is 28.8 Å². The molecule has 3 rings (SSSR count). The number of ether oxygens (including phenoxy) is 1. The van der Waals surface area contributed by atoms with Crippen LogP contribution >= 0.6 is 0 Å². The highest BCUT2D eigenvalue weighted by Gasteiger charge is 2.23. The molecular weight excluding hydrogens is 368 g/mol. The molecule has 0 atom stereocenters. The van der Waals surface area contributed by atoms with Crippen molar-refractivity contribution in [2.45, 2.75) is 12.8 Å². The van der Waals surface area contributed by atoms with Gasteiger partial charge in [-0.25, -0.2) is 4.79 Å². The Hall–Kier alpha value is -3.53. The average Bonchev–Trinajstić information content (AvgIpc) is 2.78. The third-order valence-electron chi connectivity index (χ3n) is 5.08. The summed E-state index contributed by atoms with van der Waals surface area (Å²) in [6, 6.07) is 15.8. The normalized spacial score (nSPS) is 14.0. The minimum Gasteiger partial charge on any atom is -0.495 e. The van der Waals surface area contributed by atoms with Crippen molar-refractivity contribution in [2.24, 2.45) is 5.92 Å². The zero-order valence-electron chi connectivity index (χ0n) is 16.4. The van der Waals surface area contributed by atoms with E-state index in [1.165, 1.54) is 0 Å². The van der Waals surface area contributed by atoms with Crippen LogP contribution in [0, 0.1) is 17.2 Å². The molecule has 0 unspecified atom stereocenters. The third kappa shape index (κ3) is 5.26. The van der Waals surface area contributed by atoms with Gasteiger partial charge in [-0.3, -0.25) is 4.79 Å². The van der Waals surface area contributed by atoms with Crippen molar-refractivity contribution in [1.82, 2.24) is 10.2 Å². The number of urea groups is 1. The Morgan fingerprint density at radius 3 is 2.48 bits per heavy atom. The number of hydrogen-bond acceptors (Lipinski definition) is 4. The molecule has 2 aromatic rings. The summed E-state index contributed by atoms with van der Waals surface area (Å²) in [7, 11) is 1.57. The number of benzene rings is 2. The fraction of sp³-hybridized carbons (Fsp3) is 0.318. The van der Waals surface area contributed by atoms with Crippen molar-refractivity contribution in [1.29, 1.82) is 5.26 Å². The molecule has 1 aliphatic heterocycles. The van der Waals surface area contributed by atoms with E-state index in [1.807, 2.05) is 24.3 Å². The number of rotatable bonds is 5. The zero-order valence-corrected chi connectivity index (χ0v) is 16.4. The highest BCUT2D eigenvalue weighted by Crippen LogP contribution is 2.24. The summed E-state index contributed by atoms with van der Waals surface area (Å²) < 4.78 is 5.27. The van der Waals surface area contributed by atoms with Crippen LogP contribution in [0.25, 0.3) is 0 Å². The largest absolute Gasteiger partial charge is 0.495 e. The Bertz CT molecular complexity index is 897. The minimum absolute atomic E-state index is 0.144. The molecule has 0 saturated carbocycles. The number of carbonyl (C=O) groups excluding carboxylic acids is 2. The van der Waals surface area contributed by atoms with Crippen LogP contribution in [-0.2, 0) is 0 Å². The fourth-order valence-electron chi connectivity index (χ4n) is 3.32. The molecule has 150 valence electrons. The van der Waals surface area contributed by atoms with Gasteiger partial charge in [0.1, 0.15) is 5.75 Å². The second-order valence-corrected chi connectivity index (χ2v) is 6.96. The summed E-state index contributed by atoms with van der Waals surface area (Å²) in [5.41, 5.74) is 1.72. The van der Waals surface area contributed by atoms with E-state index >= 15 is 0 Å². The smallest absolute Gasteiger partial charge is 0.321 e. The van der Waals surface area contributed by atoms with Crippen LogP contribution in [0.3, 0.4) is 0 Å². The summed E-state index contributed by atoms with van der Waals surface area (Å²) in [6.45, 7) is 1.84. The van der Waals surface area contributed by atoms with Gasteiger partial charge >= 0.3 is 6.03 Å². The summed E-state index contributed by atoms with van der Waals surface area (Å²) >= 11 is 0. The lowest BCUT2D eigenvalue weighted by atomic mass is 9.97. The molecule has 7 heteroatoms. The van der Waals surface area contributed by atoms with Crippen molar-refractivity contribution in [3.8, 4) is 11.8 Å². The number of carbonyl (C=O) groups is 2. The summed E-state index contributed by atoms with van der Waals surface area (Å²) in [5, 5.41) is 14.7. The van der Waals surface area contributed by atoms with E-state index in [-0.39, 0.29) is 11.9 Å². The standard InChI is InChI=1S/C22H24N4O3/c1-29-20-5-3-2-4-19(20)25-22(28)26-12-10-17(11-13-26)15-24-21(27)18-8-6-16(14-23)7-9-18/h2-9,17H,10-13,15H2,1H3,(H,24,27)(H,25,28). The number of piperidine rings is 1. The molecule has 2 aromatic carbocycles. The molecule has 1 heterocycles. The first-order chi connectivity index (χ1) is 14.1. The van der Waals surface area contributed by atoms with Crippen molar-refractivity contribution in [3.05, 3.63) is 59.7 Å². The summed E-state index contributed by atoms with van der Waals surface area (Å²) in [5.74, 6) is 0.805. The predicted octanol–water partition coefficient (Wildman–Crippen LogP) is 3.24. The van der Waals surface area contributed by atoms with E-state index in [1.54, 1.807) is 42.3 Å². The second kappa shape index (κ2) is 9.60. The van der Waals surface area contributed by atoms with Crippen LogP contribution in [0.4, 0.5) is 10.5 Å². The molecule has 1 fully saturated rings. The molecule has 3 amide bonds. The van der Waals surface area contributed by atoms with Crippen LogP contribution in [0.15, 0.2) is 48.5 Å². The zero-order chi connectivity index (χ0) is 20.6. The van der Waals surface area contributed by atoms with E-state index in [4.69, 9.17) is 10.00 Å². The molecule has 1 saturated heterocycles. The number of nitrogens with one attached hydrogen (secondary N) is 2. The van der Waals surface area contributed by atoms with E-state index in [2.05, 4.69) is 10.6 Å². The topological polar surface area (TPSA) is 94.5 Å². The highest BCUT2D eigenvalue weighted by atomic mass is 16.5. The van der Waals surface area contributed by atoms with Crippen LogP contribution in [0.5, 0.6) is 5.75 Å². The van der Waals surface area contributed by atoms with Gasteiger partial charge in [0.25, 0.3) is 5.91 Å². The van der Waals surface area contributed by atoms with Gasteiger partial charge in [0.15, 0.2) is 0 Å². The number of nitrogens with zero attached hydrogens (tertiary/aromatic N) is 2. The van der Waals surface area contributed by atoms with E-state index < -0.39 is 0 Å². The van der Waals surface area contributed by atoms with Crippen LogP contribution in [0.2, 0.25) is 0 Å². The first-order valence-corrected chi connectivity index (χ1v) is 9.58. The van der Waals surface area contributed by atoms with Crippen LogP contribution in [-0.4, -0.2) is 43.6 Å². The SMILES string of the molecule is COc1ccccc1NC(=O)N1CCC(CNC(=O)c2ccc(C#N)cc2)CC1. The Morgan fingerprint density at radius 2 is 1.83 bits per heavy atom. The molecule has 7 nitrogen and oxygen atoms in total. The Labute approximate surface area is 170 Å². The van der Waals surface area contributed by atoms with E-state index in [0.29, 0.717) is 48.1 Å². The fourth-order valence-corrected chi connectivity index (χ4v) is 3.32. The molecule has 0 radical (unpaired) electrons. The molecular formula is C22H24N4O3. The molecule has 0 aromatic heterocycles. The average molecular weight is 392 g/mol. The first-order valence-electron chi connectivity index (χ1n) is 9.58. The number of hydrogen-bond donors (Lipinski definition) is 2. The van der Waals surface area contributed by atoms with Crippen molar-refractivity contribution in [3.63, 3.8) is 0 Å². The molecule has 0 spiro atoms. The maximum absolute atomic E-state index is 12.5. The minimum atomic E-state index is -0.147. The molecule has 1 aliphatic rings. The van der Waals surface area contributed by atoms with Crippen LogP contribution < -0.4 is 15.4 Å². The van der Waals surface area contributed by atoms with Crippen molar-refractivity contribution in [2.75, 3.05) is 32.1 Å². The monoisotopic (exact) mass is 392 g/mol. The lowest BCUT2D eigenvalue weighted by molar-refractivity contribution is 0.0938. The van der Waals surface area contributed by atoms with E-state index in [0.717, 1.165) is 12.8 Å². The van der Waals surface area contributed by atoms with Gasteiger partial charge in [0.05, 0.1) is 24.4 Å². The van der Waals surface area contributed by atoms with Crippen molar-refractivity contribution >= 4 is 17.6 Å². The number of amides is 3. The maximum atomic E-state index is 12.5. The summed E-state index contributed by atoms with van der Waals surface area (Å²) in [4.78, 5) is 26.5. The van der Waals surface area contributed by atoms with Gasteiger partial charge in [0, 0.05) is 25.2 Å². The molecule has 0 aliphatic carbocycles. The van der Waals surface area contributed by atoms with Gasteiger partial charge in [0.2, 0.25) is 0 Å². The first kappa shape index (κ1) is 20.2. The van der Waals surface area contributed by atoms with Gasteiger partial charge in [-0.15, -0.1) is 0 Å². The quantitative estimate of drug-likeness (QED) is 0.817. The third-order valence-corrected chi connectivity index (χ3v) is 5.08. The predicted molar refractivity (Wildman–Crippen MR) is 110 cm³/mol. The molecule has 2 N–H and O–H groups in total. The molecule has 29 heavy (non-hydrogen) atoms. The maximum Gasteiger partial charge on any atom is 0.321 e. The van der Waals surface area contributed by atoms with Gasteiger partial charge < -0.3 is 20.3 Å². The number of anilines is 1. The Kier molecular flexibility index (Phi) is 6.69. The van der Waals surface area contributed by atoms with Gasteiger partial charge in [-0.2, -0.15) is 5.26 Å².